The molecule has 0 radical (unpaired) electrons. The Morgan fingerprint density at radius 1 is 1.24 bits per heavy atom. The number of carbonyl (C=O) groups excluding carboxylic acids is 1. The smallest absolute Gasteiger partial charge is 0.223 e. The van der Waals surface area contributed by atoms with E-state index in [1.165, 1.54) is 11.1 Å². The van der Waals surface area contributed by atoms with E-state index in [1.807, 2.05) is 12.1 Å². The lowest BCUT2D eigenvalue weighted by atomic mass is 9.93. The van der Waals surface area contributed by atoms with E-state index >= 15 is 0 Å². The largest absolute Gasteiger partial charge is 0.493 e. The standard InChI is InChI=1S/C24H27N3O2/c1-17(22-7-6-20-10-13-29-23(20)14-22)27-11-8-21(9-12-27)24(28)26-16-19-4-2-18(15-25)3-5-19/h2-7,14,17,21H,8-13,16H2,1H3,(H,26,28). The number of amides is 1. The molecule has 5 nitrogen and oxygen atoms in total. The van der Waals surface area contributed by atoms with Crippen molar-refractivity contribution in [2.45, 2.75) is 38.8 Å². The normalized spacial score (nSPS) is 17.8. The predicted octanol–water partition coefficient (Wildman–Crippen LogP) is 3.58. The fourth-order valence-corrected chi connectivity index (χ4v) is 4.23. The maximum absolute atomic E-state index is 12.6. The van der Waals surface area contributed by atoms with E-state index in [2.05, 4.69) is 41.4 Å². The molecule has 0 aliphatic carbocycles. The Morgan fingerprint density at radius 2 is 2.00 bits per heavy atom. The van der Waals surface area contributed by atoms with Crippen molar-refractivity contribution in [2.24, 2.45) is 5.92 Å². The van der Waals surface area contributed by atoms with Gasteiger partial charge in [0, 0.05) is 24.9 Å². The predicted molar refractivity (Wildman–Crippen MR) is 111 cm³/mol. The number of carbonyl (C=O) groups is 1. The molecule has 2 aliphatic rings. The minimum atomic E-state index is 0.0696. The van der Waals surface area contributed by atoms with Crippen LogP contribution in [0.1, 0.15) is 48.1 Å². The van der Waals surface area contributed by atoms with E-state index in [9.17, 15) is 4.79 Å². The van der Waals surface area contributed by atoms with E-state index in [-0.39, 0.29) is 11.8 Å². The minimum absolute atomic E-state index is 0.0696. The topological polar surface area (TPSA) is 65.4 Å². The summed E-state index contributed by atoms with van der Waals surface area (Å²) in [6.07, 6.45) is 2.77. The molecule has 1 fully saturated rings. The van der Waals surface area contributed by atoms with Crippen molar-refractivity contribution in [3.63, 3.8) is 0 Å². The summed E-state index contributed by atoms with van der Waals surface area (Å²) in [6.45, 7) is 5.39. The van der Waals surface area contributed by atoms with Crippen molar-refractivity contribution in [1.29, 1.82) is 5.26 Å². The summed E-state index contributed by atoms with van der Waals surface area (Å²) in [5.74, 6) is 1.24. The van der Waals surface area contributed by atoms with Crippen LogP contribution in [0.3, 0.4) is 0 Å². The van der Waals surface area contributed by atoms with Gasteiger partial charge in [-0.15, -0.1) is 0 Å². The molecular weight excluding hydrogens is 362 g/mol. The Kier molecular flexibility index (Phi) is 5.82. The number of benzene rings is 2. The van der Waals surface area contributed by atoms with Crippen LogP contribution >= 0.6 is 0 Å². The SMILES string of the molecule is CC(c1ccc2c(c1)OCC2)N1CCC(C(=O)NCc2ccc(C#N)cc2)CC1. The zero-order valence-corrected chi connectivity index (χ0v) is 16.9. The highest BCUT2D eigenvalue weighted by Crippen LogP contribution is 2.32. The molecule has 2 aliphatic heterocycles. The molecule has 0 spiro atoms. The van der Waals surface area contributed by atoms with Crippen molar-refractivity contribution < 1.29 is 9.53 Å². The highest BCUT2D eigenvalue weighted by Gasteiger charge is 2.28. The molecule has 1 amide bonds. The average Bonchev–Trinajstić information content (AvgIpc) is 3.25. The van der Waals surface area contributed by atoms with Gasteiger partial charge in [-0.05, 0) is 67.7 Å². The Balaban J connectivity index is 1.27. The lowest BCUT2D eigenvalue weighted by Gasteiger charge is -2.35. The maximum atomic E-state index is 12.6. The summed E-state index contributed by atoms with van der Waals surface area (Å²) >= 11 is 0. The monoisotopic (exact) mass is 389 g/mol. The molecule has 2 heterocycles. The van der Waals surface area contributed by atoms with Gasteiger partial charge in [0.1, 0.15) is 5.75 Å². The quantitative estimate of drug-likeness (QED) is 0.849. The Bertz CT molecular complexity index is 909. The van der Waals surface area contributed by atoms with Crippen LogP contribution < -0.4 is 10.1 Å². The van der Waals surface area contributed by atoms with Crippen LogP contribution in [0.15, 0.2) is 42.5 Å². The van der Waals surface area contributed by atoms with Gasteiger partial charge in [-0.2, -0.15) is 5.26 Å². The van der Waals surface area contributed by atoms with E-state index in [4.69, 9.17) is 10.00 Å². The van der Waals surface area contributed by atoms with Crippen molar-refractivity contribution in [3.8, 4) is 11.8 Å². The van der Waals surface area contributed by atoms with Crippen LogP contribution in [0.5, 0.6) is 5.75 Å². The summed E-state index contributed by atoms with van der Waals surface area (Å²) in [5.41, 5.74) is 4.24. The highest BCUT2D eigenvalue weighted by molar-refractivity contribution is 5.78. The number of rotatable bonds is 5. The third-order valence-corrected chi connectivity index (χ3v) is 6.20. The van der Waals surface area contributed by atoms with Crippen LogP contribution in [-0.2, 0) is 17.8 Å². The first kappa shape index (κ1) is 19.5. The average molecular weight is 389 g/mol. The lowest BCUT2D eigenvalue weighted by molar-refractivity contribution is -0.126. The zero-order chi connectivity index (χ0) is 20.2. The number of hydrogen-bond acceptors (Lipinski definition) is 4. The van der Waals surface area contributed by atoms with Gasteiger partial charge < -0.3 is 10.1 Å². The summed E-state index contributed by atoms with van der Waals surface area (Å²) < 4.78 is 5.71. The first-order valence-electron chi connectivity index (χ1n) is 10.4. The number of fused-ring (bicyclic) bond motifs is 1. The number of hydrogen-bond donors (Lipinski definition) is 1. The Hall–Kier alpha value is -2.84. The van der Waals surface area contributed by atoms with Gasteiger partial charge in [0.05, 0.1) is 18.2 Å². The molecule has 29 heavy (non-hydrogen) atoms. The molecule has 2 aromatic rings. The molecule has 0 saturated carbocycles. The van der Waals surface area contributed by atoms with E-state index in [0.29, 0.717) is 18.2 Å². The zero-order valence-electron chi connectivity index (χ0n) is 16.9. The molecule has 1 N–H and O–H groups in total. The van der Waals surface area contributed by atoms with Crippen LogP contribution in [0.25, 0.3) is 0 Å². The van der Waals surface area contributed by atoms with E-state index < -0.39 is 0 Å². The van der Waals surface area contributed by atoms with Gasteiger partial charge >= 0.3 is 0 Å². The first-order chi connectivity index (χ1) is 14.1. The Labute approximate surface area is 172 Å². The van der Waals surface area contributed by atoms with E-state index in [0.717, 1.165) is 50.3 Å². The van der Waals surface area contributed by atoms with Crippen molar-refractivity contribution in [1.82, 2.24) is 10.2 Å². The molecule has 2 aromatic carbocycles. The van der Waals surface area contributed by atoms with Gasteiger partial charge in [0.2, 0.25) is 5.91 Å². The summed E-state index contributed by atoms with van der Waals surface area (Å²) in [7, 11) is 0. The fraction of sp³-hybridized carbons (Fsp3) is 0.417. The number of ether oxygens (including phenoxy) is 1. The van der Waals surface area contributed by atoms with E-state index in [1.54, 1.807) is 12.1 Å². The number of piperidine rings is 1. The third kappa shape index (κ3) is 4.44. The molecular formula is C24H27N3O2. The van der Waals surface area contributed by atoms with Crippen LogP contribution in [-0.4, -0.2) is 30.5 Å². The second-order valence-corrected chi connectivity index (χ2v) is 7.98. The van der Waals surface area contributed by atoms with Crippen LogP contribution in [0, 0.1) is 17.2 Å². The number of nitrogens with zero attached hydrogens (tertiary/aromatic N) is 2. The molecule has 4 rings (SSSR count). The van der Waals surface area contributed by atoms with Crippen LogP contribution in [0.2, 0.25) is 0 Å². The molecule has 1 atom stereocenters. The van der Waals surface area contributed by atoms with Crippen molar-refractivity contribution >= 4 is 5.91 Å². The molecule has 150 valence electrons. The van der Waals surface area contributed by atoms with Gasteiger partial charge in [0.15, 0.2) is 0 Å². The van der Waals surface area contributed by atoms with Gasteiger partial charge in [-0.1, -0.05) is 24.3 Å². The van der Waals surface area contributed by atoms with Crippen LogP contribution in [0.4, 0.5) is 0 Å². The summed E-state index contributed by atoms with van der Waals surface area (Å²) in [5, 5.41) is 11.9. The minimum Gasteiger partial charge on any atom is -0.493 e. The molecule has 5 heteroatoms. The molecule has 1 unspecified atom stereocenters. The first-order valence-corrected chi connectivity index (χ1v) is 10.4. The van der Waals surface area contributed by atoms with Crippen molar-refractivity contribution in [3.05, 3.63) is 64.7 Å². The van der Waals surface area contributed by atoms with Gasteiger partial charge in [-0.3, -0.25) is 9.69 Å². The molecule has 1 saturated heterocycles. The summed E-state index contributed by atoms with van der Waals surface area (Å²) in [4.78, 5) is 15.0. The Morgan fingerprint density at radius 3 is 2.72 bits per heavy atom. The van der Waals surface area contributed by atoms with Crippen molar-refractivity contribution in [2.75, 3.05) is 19.7 Å². The van der Waals surface area contributed by atoms with Gasteiger partial charge in [0.25, 0.3) is 0 Å². The number of nitrogens with one attached hydrogen (secondary N) is 1. The number of likely N-dealkylation sites (tertiary alicyclic amines) is 1. The number of nitriles is 1. The lowest BCUT2D eigenvalue weighted by Crippen LogP contribution is -2.41. The van der Waals surface area contributed by atoms with Gasteiger partial charge in [-0.25, -0.2) is 0 Å². The molecule has 0 aromatic heterocycles. The maximum Gasteiger partial charge on any atom is 0.223 e. The highest BCUT2D eigenvalue weighted by atomic mass is 16.5. The second kappa shape index (κ2) is 8.67. The molecule has 0 bridgehead atoms. The third-order valence-electron chi connectivity index (χ3n) is 6.20. The summed E-state index contributed by atoms with van der Waals surface area (Å²) in [6, 6.07) is 16.4. The fourth-order valence-electron chi connectivity index (χ4n) is 4.23. The second-order valence-electron chi connectivity index (χ2n) is 7.98.